The highest BCUT2D eigenvalue weighted by atomic mass is 16.6. The van der Waals surface area contributed by atoms with E-state index in [9.17, 15) is 4.79 Å². The van der Waals surface area contributed by atoms with Crippen LogP contribution in [0.2, 0.25) is 0 Å². The van der Waals surface area contributed by atoms with Gasteiger partial charge >= 0.3 is 6.09 Å². The Morgan fingerprint density at radius 3 is 2.73 bits per heavy atom. The molecule has 2 aliphatic rings. The Morgan fingerprint density at radius 2 is 2.14 bits per heavy atom. The van der Waals surface area contributed by atoms with Crippen LogP contribution in [-0.4, -0.2) is 41.9 Å². The second-order valence-corrected chi connectivity index (χ2v) is 7.96. The molecule has 126 valence electrons. The van der Waals surface area contributed by atoms with Crippen molar-refractivity contribution in [1.82, 2.24) is 4.90 Å². The van der Waals surface area contributed by atoms with Gasteiger partial charge in [-0.15, -0.1) is 0 Å². The highest BCUT2D eigenvalue weighted by Gasteiger charge is 2.39. The zero-order valence-corrected chi connectivity index (χ0v) is 14.7. The molecule has 2 atom stereocenters. The fraction of sp³-hybridized carbons (Fsp3) is 0.833. The predicted octanol–water partition coefficient (Wildman–Crippen LogP) is 4.15. The van der Waals surface area contributed by atoms with Crippen LogP contribution in [0.4, 0.5) is 4.79 Å². The number of morpholine rings is 1. The van der Waals surface area contributed by atoms with E-state index in [2.05, 4.69) is 19.9 Å². The van der Waals surface area contributed by atoms with Gasteiger partial charge in [0.15, 0.2) is 0 Å². The summed E-state index contributed by atoms with van der Waals surface area (Å²) in [6.07, 6.45) is 6.60. The Labute approximate surface area is 134 Å². The number of fused-ring (bicyclic) bond motifs is 2. The summed E-state index contributed by atoms with van der Waals surface area (Å²) in [5.41, 5.74) is 1.03. The van der Waals surface area contributed by atoms with Gasteiger partial charge in [-0.05, 0) is 46.0 Å². The Balaban J connectivity index is 2.00. The topological polar surface area (TPSA) is 38.8 Å². The van der Waals surface area contributed by atoms with E-state index in [4.69, 9.17) is 9.47 Å². The molecule has 0 aromatic rings. The molecule has 1 saturated heterocycles. The van der Waals surface area contributed by atoms with Crippen molar-refractivity contribution in [2.75, 3.05) is 13.2 Å². The molecule has 0 aliphatic carbocycles. The summed E-state index contributed by atoms with van der Waals surface area (Å²) in [5, 5.41) is 0. The second-order valence-electron chi connectivity index (χ2n) is 7.96. The average molecular weight is 309 g/mol. The molecule has 1 fully saturated rings. The first-order chi connectivity index (χ1) is 10.3. The minimum absolute atomic E-state index is 0.0383. The number of rotatable bonds is 4. The first-order valence-electron chi connectivity index (χ1n) is 8.55. The molecular formula is C18H31NO3. The number of hydrogen-bond donors (Lipinski definition) is 0. The van der Waals surface area contributed by atoms with Crippen molar-refractivity contribution in [2.24, 2.45) is 5.92 Å². The zero-order valence-electron chi connectivity index (χ0n) is 14.7. The smallest absolute Gasteiger partial charge is 0.411 e. The van der Waals surface area contributed by atoms with Crippen LogP contribution in [0.5, 0.6) is 0 Å². The third-order valence-corrected chi connectivity index (χ3v) is 4.16. The molecule has 0 saturated carbocycles. The summed E-state index contributed by atoms with van der Waals surface area (Å²) in [6.45, 7) is 11.5. The van der Waals surface area contributed by atoms with Crippen molar-refractivity contribution in [3.63, 3.8) is 0 Å². The second kappa shape index (κ2) is 7.03. The lowest BCUT2D eigenvalue weighted by Crippen LogP contribution is -2.57. The van der Waals surface area contributed by atoms with Crippen LogP contribution in [0.3, 0.4) is 0 Å². The SMILES string of the molecule is CC(C)CCCC1=CC2COCC(C1)N2C(=O)OC(C)(C)C. The van der Waals surface area contributed by atoms with E-state index in [1.165, 1.54) is 18.4 Å². The maximum absolute atomic E-state index is 12.5. The molecule has 0 aromatic carbocycles. The quantitative estimate of drug-likeness (QED) is 0.732. The molecular weight excluding hydrogens is 278 g/mol. The Hall–Kier alpha value is -1.03. The maximum Gasteiger partial charge on any atom is 0.411 e. The third-order valence-electron chi connectivity index (χ3n) is 4.16. The molecule has 2 rings (SSSR count). The van der Waals surface area contributed by atoms with E-state index in [-0.39, 0.29) is 18.2 Å². The third kappa shape index (κ3) is 4.73. The van der Waals surface area contributed by atoms with Crippen LogP contribution >= 0.6 is 0 Å². The summed E-state index contributed by atoms with van der Waals surface area (Å²) in [4.78, 5) is 14.3. The molecule has 4 nitrogen and oxygen atoms in total. The number of carbonyl (C=O) groups excluding carboxylic acids is 1. The molecule has 0 aromatic heterocycles. The molecule has 4 heteroatoms. The number of hydrogen-bond acceptors (Lipinski definition) is 3. The number of nitrogens with zero attached hydrogens (tertiary/aromatic N) is 1. The summed E-state index contributed by atoms with van der Waals surface area (Å²) in [5.74, 6) is 0.755. The van der Waals surface area contributed by atoms with Crippen molar-refractivity contribution >= 4 is 6.09 Å². The maximum atomic E-state index is 12.5. The Bertz CT molecular complexity index is 423. The standard InChI is InChI=1S/C18H31NO3/c1-13(2)7-6-8-14-9-15-11-21-12-16(10-14)19(15)17(20)22-18(3,4)5/h9,13,15-16H,6-8,10-12H2,1-5H3. The molecule has 22 heavy (non-hydrogen) atoms. The first kappa shape index (κ1) is 17.3. The van der Waals surface area contributed by atoms with E-state index in [1.54, 1.807) is 0 Å². The molecule has 0 N–H and O–H groups in total. The van der Waals surface area contributed by atoms with E-state index < -0.39 is 5.60 Å². The Morgan fingerprint density at radius 1 is 1.41 bits per heavy atom. The minimum atomic E-state index is -0.451. The lowest BCUT2D eigenvalue weighted by atomic mass is 9.90. The van der Waals surface area contributed by atoms with E-state index >= 15 is 0 Å². The van der Waals surface area contributed by atoms with Crippen LogP contribution in [0.15, 0.2) is 11.6 Å². The number of amides is 1. The van der Waals surface area contributed by atoms with Crippen molar-refractivity contribution in [1.29, 1.82) is 0 Å². The highest BCUT2D eigenvalue weighted by molar-refractivity contribution is 5.70. The van der Waals surface area contributed by atoms with E-state index in [1.807, 2.05) is 25.7 Å². The van der Waals surface area contributed by atoms with Crippen LogP contribution in [-0.2, 0) is 9.47 Å². The molecule has 2 unspecified atom stereocenters. The monoisotopic (exact) mass is 309 g/mol. The normalized spacial score (nSPS) is 25.2. The van der Waals surface area contributed by atoms with Crippen LogP contribution in [0.25, 0.3) is 0 Å². The highest BCUT2D eigenvalue weighted by Crippen LogP contribution is 2.31. The van der Waals surface area contributed by atoms with Gasteiger partial charge in [0, 0.05) is 0 Å². The van der Waals surface area contributed by atoms with Crippen LogP contribution < -0.4 is 0 Å². The van der Waals surface area contributed by atoms with E-state index in [0.29, 0.717) is 13.2 Å². The molecule has 2 bridgehead atoms. The van der Waals surface area contributed by atoms with Crippen LogP contribution in [0, 0.1) is 5.92 Å². The summed E-state index contributed by atoms with van der Waals surface area (Å²) < 4.78 is 11.2. The fourth-order valence-electron chi connectivity index (χ4n) is 3.21. The molecule has 2 aliphatic heterocycles. The van der Waals surface area contributed by atoms with Crippen molar-refractivity contribution < 1.29 is 14.3 Å². The lowest BCUT2D eigenvalue weighted by Gasteiger charge is -2.44. The predicted molar refractivity (Wildman–Crippen MR) is 87.9 cm³/mol. The van der Waals surface area contributed by atoms with Gasteiger partial charge in [0.2, 0.25) is 0 Å². The molecule has 1 amide bonds. The molecule has 0 spiro atoms. The van der Waals surface area contributed by atoms with Crippen LogP contribution in [0.1, 0.15) is 60.3 Å². The summed E-state index contributed by atoms with van der Waals surface area (Å²) >= 11 is 0. The fourth-order valence-corrected chi connectivity index (χ4v) is 3.21. The Kier molecular flexibility index (Phi) is 5.54. The average Bonchev–Trinajstić information content (AvgIpc) is 2.34. The first-order valence-corrected chi connectivity index (χ1v) is 8.55. The van der Waals surface area contributed by atoms with Gasteiger partial charge in [-0.1, -0.05) is 31.9 Å². The molecule has 2 heterocycles. The van der Waals surface area contributed by atoms with Gasteiger partial charge in [-0.2, -0.15) is 0 Å². The molecule has 0 radical (unpaired) electrons. The zero-order chi connectivity index (χ0) is 16.3. The van der Waals surface area contributed by atoms with Gasteiger partial charge in [0.1, 0.15) is 5.60 Å². The summed E-state index contributed by atoms with van der Waals surface area (Å²) in [7, 11) is 0. The van der Waals surface area contributed by atoms with Gasteiger partial charge in [0.25, 0.3) is 0 Å². The van der Waals surface area contributed by atoms with Crippen molar-refractivity contribution in [3.8, 4) is 0 Å². The van der Waals surface area contributed by atoms with Crippen molar-refractivity contribution in [3.05, 3.63) is 11.6 Å². The number of ether oxygens (including phenoxy) is 2. The largest absolute Gasteiger partial charge is 0.444 e. The van der Waals surface area contributed by atoms with E-state index in [0.717, 1.165) is 18.8 Å². The minimum Gasteiger partial charge on any atom is -0.444 e. The summed E-state index contributed by atoms with van der Waals surface area (Å²) in [6, 6.07) is 0.170. The van der Waals surface area contributed by atoms with Gasteiger partial charge < -0.3 is 9.47 Å². The number of carbonyl (C=O) groups is 1. The van der Waals surface area contributed by atoms with Crippen molar-refractivity contribution in [2.45, 2.75) is 78.0 Å². The van der Waals surface area contributed by atoms with Gasteiger partial charge in [0.05, 0.1) is 25.3 Å². The lowest BCUT2D eigenvalue weighted by molar-refractivity contribution is -0.0538. The van der Waals surface area contributed by atoms with Gasteiger partial charge in [-0.25, -0.2) is 4.79 Å². The van der Waals surface area contributed by atoms with Gasteiger partial charge in [-0.3, -0.25) is 4.90 Å².